The summed E-state index contributed by atoms with van der Waals surface area (Å²) in [5.41, 5.74) is -0.305. The number of halogens is 1. The fourth-order valence-corrected chi connectivity index (χ4v) is 3.62. The third kappa shape index (κ3) is 3.08. The molecule has 26 heavy (non-hydrogen) atoms. The van der Waals surface area contributed by atoms with E-state index in [2.05, 4.69) is 0 Å². The van der Waals surface area contributed by atoms with E-state index in [1.165, 1.54) is 11.8 Å². The summed E-state index contributed by atoms with van der Waals surface area (Å²) >= 11 is 6.34. The first-order valence-corrected chi connectivity index (χ1v) is 8.79. The number of Topliss-reactive ketones (excluding diaryl/α,β-unsaturated/α-hetero) is 1. The van der Waals surface area contributed by atoms with Crippen LogP contribution < -0.4 is 9.64 Å². The monoisotopic (exact) mass is 373 g/mol. The molecule has 1 amide bonds. The zero-order valence-corrected chi connectivity index (χ0v) is 15.4. The molecule has 5 nitrogen and oxygen atoms in total. The van der Waals surface area contributed by atoms with Gasteiger partial charge in [0.05, 0.1) is 23.9 Å². The fraction of sp³-hybridized carbons (Fsp3) is 0.300. The molecule has 0 fully saturated rings. The average Bonchev–Trinajstić information content (AvgIpc) is 2.79. The number of nitrogens with zero attached hydrogens (tertiary/aromatic N) is 1. The molecule has 136 valence electrons. The van der Waals surface area contributed by atoms with Crippen LogP contribution in [0.15, 0.2) is 42.5 Å². The minimum atomic E-state index is -1.90. The summed E-state index contributed by atoms with van der Waals surface area (Å²) < 4.78 is 5.63. The van der Waals surface area contributed by atoms with Gasteiger partial charge in [-0.3, -0.25) is 9.59 Å². The quantitative estimate of drug-likeness (QED) is 0.842. The Morgan fingerprint density at radius 2 is 1.96 bits per heavy atom. The molecular formula is C20H20ClNO4. The van der Waals surface area contributed by atoms with Crippen LogP contribution in [0.3, 0.4) is 0 Å². The summed E-state index contributed by atoms with van der Waals surface area (Å²) in [5.74, 6) is -0.163. The van der Waals surface area contributed by atoms with Gasteiger partial charge >= 0.3 is 0 Å². The lowest BCUT2D eigenvalue weighted by atomic mass is 9.90. The van der Waals surface area contributed by atoms with Gasteiger partial charge in [0, 0.05) is 17.5 Å². The third-order valence-electron chi connectivity index (χ3n) is 4.41. The number of benzene rings is 2. The number of fused-ring (bicyclic) bond motifs is 1. The number of hydrogen-bond donors (Lipinski definition) is 1. The van der Waals surface area contributed by atoms with Crippen molar-refractivity contribution < 1.29 is 19.4 Å². The first-order valence-electron chi connectivity index (χ1n) is 8.42. The fourth-order valence-electron chi connectivity index (χ4n) is 3.35. The molecule has 0 saturated heterocycles. The molecule has 1 atom stereocenters. The van der Waals surface area contributed by atoms with Gasteiger partial charge in [-0.2, -0.15) is 0 Å². The highest BCUT2D eigenvalue weighted by Crippen LogP contribution is 2.47. The maximum absolute atomic E-state index is 13.1. The van der Waals surface area contributed by atoms with Crippen molar-refractivity contribution in [2.75, 3.05) is 11.5 Å². The number of carbonyl (C=O) groups excluding carboxylic acids is 2. The summed E-state index contributed by atoms with van der Waals surface area (Å²) in [5, 5.41) is 11.4. The van der Waals surface area contributed by atoms with Gasteiger partial charge in [-0.05, 0) is 26.0 Å². The van der Waals surface area contributed by atoms with Crippen molar-refractivity contribution in [1.29, 1.82) is 0 Å². The molecule has 0 aromatic heterocycles. The van der Waals surface area contributed by atoms with Crippen LogP contribution in [0.25, 0.3) is 0 Å². The number of hydrogen-bond acceptors (Lipinski definition) is 4. The van der Waals surface area contributed by atoms with Gasteiger partial charge in [-0.1, -0.05) is 41.9 Å². The topological polar surface area (TPSA) is 66.8 Å². The first-order chi connectivity index (χ1) is 12.4. The highest BCUT2D eigenvalue weighted by atomic mass is 35.5. The number of aliphatic hydroxyl groups is 1. The minimum absolute atomic E-state index is 0.186. The third-order valence-corrected chi connectivity index (χ3v) is 4.71. The SMILES string of the molecule is CCOc1ccccc1CN1C(=O)C(O)(CC(C)=O)c2cccc(Cl)c21. The Bertz CT molecular complexity index is 867. The van der Waals surface area contributed by atoms with Crippen LogP contribution in [0, 0.1) is 0 Å². The molecule has 2 aromatic carbocycles. The van der Waals surface area contributed by atoms with Crippen molar-refractivity contribution in [1.82, 2.24) is 0 Å². The van der Waals surface area contributed by atoms with Gasteiger partial charge in [0.25, 0.3) is 5.91 Å². The Hall–Kier alpha value is -2.37. The van der Waals surface area contributed by atoms with Gasteiger partial charge in [0.1, 0.15) is 11.5 Å². The van der Waals surface area contributed by atoms with Gasteiger partial charge in [0.2, 0.25) is 0 Å². The summed E-state index contributed by atoms with van der Waals surface area (Å²) in [6, 6.07) is 12.4. The lowest BCUT2D eigenvalue weighted by Gasteiger charge is -2.23. The summed E-state index contributed by atoms with van der Waals surface area (Å²) in [6.45, 7) is 3.92. The van der Waals surface area contributed by atoms with E-state index in [4.69, 9.17) is 16.3 Å². The van der Waals surface area contributed by atoms with Gasteiger partial charge in [0.15, 0.2) is 5.60 Å². The molecule has 1 aliphatic heterocycles. The van der Waals surface area contributed by atoms with E-state index >= 15 is 0 Å². The number of amides is 1. The zero-order chi connectivity index (χ0) is 18.9. The summed E-state index contributed by atoms with van der Waals surface area (Å²) in [4.78, 5) is 26.2. The Kier molecular flexibility index (Phi) is 5.03. The van der Waals surface area contributed by atoms with Crippen molar-refractivity contribution in [2.45, 2.75) is 32.4 Å². The van der Waals surface area contributed by atoms with Crippen molar-refractivity contribution in [2.24, 2.45) is 0 Å². The molecule has 3 rings (SSSR count). The largest absolute Gasteiger partial charge is 0.494 e. The second-order valence-electron chi connectivity index (χ2n) is 6.31. The van der Waals surface area contributed by atoms with Crippen LogP contribution in [-0.4, -0.2) is 23.4 Å². The van der Waals surface area contributed by atoms with E-state index in [0.717, 1.165) is 5.56 Å². The second-order valence-corrected chi connectivity index (χ2v) is 6.71. The highest BCUT2D eigenvalue weighted by Gasteiger charge is 2.51. The maximum Gasteiger partial charge on any atom is 0.264 e. The van der Waals surface area contributed by atoms with E-state index in [0.29, 0.717) is 28.6 Å². The molecule has 0 bridgehead atoms. The van der Waals surface area contributed by atoms with Gasteiger partial charge < -0.3 is 14.7 Å². The zero-order valence-electron chi connectivity index (χ0n) is 14.7. The number of ether oxygens (including phenoxy) is 1. The van der Waals surface area contributed by atoms with Crippen molar-refractivity contribution >= 4 is 29.0 Å². The van der Waals surface area contributed by atoms with E-state index in [1.807, 2.05) is 31.2 Å². The maximum atomic E-state index is 13.1. The summed E-state index contributed by atoms with van der Waals surface area (Å²) in [7, 11) is 0. The van der Waals surface area contributed by atoms with Crippen LogP contribution in [0.1, 0.15) is 31.4 Å². The van der Waals surface area contributed by atoms with Crippen LogP contribution in [0.4, 0.5) is 5.69 Å². The number of carbonyl (C=O) groups is 2. The molecule has 6 heteroatoms. The normalized spacial score (nSPS) is 18.8. The average molecular weight is 374 g/mol. The Labute approximate surface area is 157 Å². The van der Waals surface area contributed by atoms with Crippen LogP contribution >= 0.6 is 11.6 Å². The first kappa shape index (κ1) is 18.4. The smallest absolute Gasteiger partial charge is 0.264 e. The van der Waals surface area contributed by atoms with Crippen molar-refractivity contribution in [3.8, 4) is 5.75 Å². The molecular weight excluding hydrogens is 354 g/mol. The Morgan fingerprint density at radius 1 is 1.23 bits per heavy atom. The molecule has 0 radical (unpaired) electrons. The highest BCUT2D eigenvalue weighted by molar-refractivity contribution is 6.35. The minimum Gasteiger partial charge on any atom is -0.494 e. The predicted molar refractivity (Wildman–Crippen MR) is 99.4 cm³/mol. The number of anilines is 1. The van der Waals surface area contributed by atoms with Crippen LogP contribution in [-0.2, 0) is 21.7 Å². The molecule has 1 N–H and O–H groups in total. The predicted octanol–water partition coefficient (Wildman–Crippen LogP) is 3.45. The molecule has 0 spiro atoms. The number of para-hydroxylation sites is 2. The van der Waals surface area contributed by atoms with E-state index in [-0.39, 0.29) is 18.7 Å². The molecule has 2 aromatic rings. The molecule has 0 aliphatic carbocycles. The molecule has 1 aliphatic rings. The standard InChI is InChI=1S/C20H20ClNO4/c1-3-26-17-10-5-4-7-14(17)12-22-18-15(8-6-9-16(18)21)20(25,19(22)24)11-13(2)23/h4-10,25H,3,11-12H2,1-2H3. The van der Waals surface area contributed by atoms with E-state index < -0.39 is 11.5 Å². The van der Waals surface area contributed by atoms with Gasteiger partial charge in [-0.25, -0.2) is 0 Å². The lowest BCUT2D eigenvalue weighted by Crippen LogP contribution is -2.41. The second kappa shape index (κ2) is 7.09. The van der Waals surface area contributed by atoms with Gasteiger partial charge in [-0.15, -0.1) is 0 Å². The summed E-state index contributed by atoms with van der Waals surface area (Å²) in [6.07, 6.45) is -0.289. The lowest BCUT2D eigenvalue weighted by molar-refractivity contribution is -0.141. The molecule has 0 saturated carbocycles. The van der Waals surface area contributed by atoms with Crippen molar-refractivity contribution in [3.63, 3.8) is 0 Å². The van der Waals surface area contributed by atoms with Crippen LogP contribution in [0.5, 0.6) is 5.75 Å². The Balaban J connectivity index is 2.07. The van der Waals surface area contributed by atoms with Crippen molar-refractivity contribution in [3.05, 3.63) is 58.6 Å². The van der Waals surface area contributed by atoms with E-state index in [9.17, 15) is 14.7 Å². The number of rotatable bonds is 6. The molecule has 1 unspecified atom stereocenters. The number of ketones is 1. The molecule has 1 heterocycles. The van der Waals surface area contributed by atoms with Crippen LogP contribution in [0.2, 0.25) is 5.02 Å². The Morgan fingerprint density at radius 3 is 2.65 bits per heavy atom. The van der Waals surface area contributed by atoms with E-state index in [1.54, 1.807) is 18.2 Å².